The number of ether oxygens (including phenoxy) is 1. The van der Waals surface area contributed by atoms with Gasteiger partial charge in [-0.05, 0) is 48.6 Å². The van der Waals surface area contributed by atoms with Gasteiger partial charge in [0.25, 0.3) is 0 Å². The van der Waals surface area contributed by atoms with Crippen LogP contribution in [0.5, 0.6) is 5.75 Å². The summed E-state index contributed by atoms with van der Waals surface area (Å²) in [5.41, 5.74) is 5.06. The molecule has 3 nitrogen and oxygen atoms in total. The van der Waals surface area contributed by atoms with Gasteiger partial charge in [0.1, 0.15) is 12.4 Å². The summed E-state index contributed by atoms with van der Waals surface area (Å²) in [5, 5.41) is 3.26. The quantitative estimate of drug-likeness (QED) is 0.323. The van der Waals surface area contributed by atoms with Crippen LogP contribution in [0.3, 0.4) is 0 Å². The number of hydrogen-bond acceptors (Lipinski definition) is 2. The normalized spacial score (nSPS) is 15.0. The van der Waals surface area contributed by atoms with Crippen molar-refractivity contribution in [2.45, 2.75) is 58.1 Å². The van der Waals surface area contributed by atoms with Crippen molar-refractivity contribution in [1.29, 1.82) is 0 Å². The fourth-order valence-corrected chi connectivity index (χ4v) is 4.45. The lowest BCUT2D eigenvalue weighted by Crippen LogP contribution is -2.33. The van der Waals surface area contributed by atoms with Gasteiger partial charge in [-0.3, -0.25) is 4.79 Å². The van der Waals surface area contributed by atoms with E-state index in [1.165, 1.54) is 25.7 Å². The fraction of sp³-hybridized carbons (Fsp3) is 0.300. The predicted octanol–water partition coefficient (Wildman–Crippen LogP) is 6.84. The van der Waals surface area contributed by atoms with Crippen molar-refractivity contribution in [3.8, 4) is 5.75 Å². The number of benzene rings is 3. The first-order chi connectivity index (χ1) is 16.2. The molecule has 1 aliphatic carbocycles. The van der Waals surface area contributed by atoms with Crippen LogP contribution in [-0.2, 0) is 11.4 Å². The SMILES string of the molecule is Cc1ccc(OCc2ccccc2)c(/C(=C/C(=O)NC2CCCCCC2)c2ccccc2)c1. The van der Waals surface area contributed by atoms with E-state index in [9.17, 15) is 4.79 Å². The molecular weight excluding hydrogens is 406 g/mol. The summed E-state index contributed by atoms with van der Waals surface area (Å²) < 4.78 is 6.26. The molecule has 0 aromatic heterocycles. The Labute approximate surface area is 197 Å². The van der Waals surface area contributed by atoms with Crippen molar-refractivity contribution in [3.05, 3.63) is 107 Å². The molecule has 0 bridgehead atoms. The second-order valence-electron chi connectivity index (χ2n) is 8.90. The zero-order valence-electron chi connectivity index (χ0n) is 19.4. The molecule has 0 radical (unpaired) electrons. The second kappa shape index (κ2) is 11.5. The standard InChI is InChI=1S/C30H33NO2/c1-23-18-19-29(33-22-24-12-6-4-7-13-24)28(20-23)27(25-14-8-5-9-15-25)21-30(32)31-26-16-10-2-3-11-17-26/h4-9,12-15,18-21,26H,2-3,10-11,16-17,22H2,1H3,(H,31,32)/b27-21+. The first kappa shape index (κ1) is 22.8. The number of carbonyl (C=O) groups excluding carboxylic acids is 1. The summed E-state index contributed by atoms with van der Waals surface area (Å²) in [6.07, 6.45) is 8.80. The summed E-state index contributed by atoms with van der Waals surface area (Å²) in [4.78, 5) is 13.1. The molecule has 1 amide bonds. The highest BCUT2D eigenvalue weighted by molar-refractivity contribution is 6.00. The maximum Gasteiger partial charge on any atom is 0.244 e. The summed E-state index contributed by atoms with van der Waals surface area (Å²) in [5.74, 6) is 0.748. The van der Waals surface area contributed by atoms with Gasteiger partial charge in [-0.2, -0.15) is 0 Å². The largest absolute Gasteiger partial charge is 0.488 e. The van der Waals surface area contributed by atoms with E-state index in [2.05, 4.69) is 36.5 Å². The highest BCUT2D eigenvalue weighted by Gasteiger charge is 2.17. The van der Waals surface area contributed by atoms with Crippen LogP contribution in [-0.4, -0.2) is 11.9 Å². The monoisotopic (exact) mass is 439 g/mol. The maximum absolute atomic E-state index is 13.1. The third kappa shape index (κ3) is 6.58. The third-order valence-electron chi connectivity index (χ3n) is 6.22. The molecule has 0 unspecified atom stereocenters. The summed E-state index contributed by atoms with van der Waals surface area (Å²) >= 11 is 0. The van der Waals surface area contributed by atoms with Gasteiger partial charge in [-0.1, -0.05) is 98.0 Å². The minimum absolute atomic E-state index is 0.0312. The average molecular weight is 440 g/mol. The molecule has 1 N–H and O–H groups in total. The summed E-state index contributed by atoms with van der Waals surface area (Å²) in [6, 6.07) is 26.7. The van der Waals surface area contributed by atoms with Gasteiger partial charge in [0, 0.05) is 17.7 Å². The zero-order valence-corrected chi connectivity index (χ0v) is 19.4. The van der Waals surface area contributed by atoms with Crippen LogP contribution < -0.4 is 10.1 Å². The van der Waals surface area contributed by atoms with Gasteiger partial charge in [0.05, 0.1) is 0 Å². The van der Waals surface area contributed by atoms with E-state index >= 15 is 0 Å². The number of aryl methyl sites for hydroxylation is 1. The van der Waals surface area contributed by atoms with Crippen LogP contribution in [0.1, 0.15) is 60.8 Å². The summed E-state index contributed by atoms with van der Waals surface area (Å²) in [7, 11) is 0. The van der Waals surface area contributed by atoms with E-state index in [1.54, 1.807) is 6.08 Å². The van der Waals surface area contributed by atoms with E-state index < -0.39 is 0 Å². The molecular formula is C30H33NO2. The molecule has 0 spiro atoms. The van der Waals surface area contributed by atoms with Gasteiger partial charge in [0.2, 0.25) is 5.91 Å². The van der Waals surface area contributed by atoms with Crippen molar-refractivity contribution < 1.29 is 9.53 Å². The van der Waals surface area contributed by atoms with Crippen molar-refractivity contribution >= 4 is 11.5 Å². The van der Waals surface area contributed by atoms with E-state index in [-0.39, 0.29) is 11.9 Å². The average Bonchev–Trinajstić information content (AvgIpc) is 3.11. The van der Waals surface area contributed by atoms with Crippen molar-refractivity contribution in [2.75, 3.05) is 0 Å². The minimum Gasteiger partial charge on any atom is -0.488 e. The first-order valence-electron chi connectivity index (χ1n) is 12.0. The molecule has 1 aliphatic rings. The lowest BCUT2D eigenvalue weighted by Gasteiger charge is -2.18. The number of hydrogen-bond donors (Lipinski definition) is 1. The van der Waals surface area contributed by atoms with E-state index in [1.807, 2.05) is 54.6 Å². The molecule has 0 atom stereocenters. The Hall–Kier alpha value is -3.33. The molecule has 170 valence electrons. The minimum atomic E-state index is -0.0312. The molecule has 4 rings (SSSR count). The third-order valence-corrected chi connectivity index (χ3v) is 6.22. The van der Waals surface area contributed by atoms with E-state index in [4.69, 9.17) is 4.74 Å². The molecule has 3 aromatic carbocycles. The van der Waals surface area contributed by atoms with Crippen LogP contribution >= 0.6 is 0 Å². The smallest absolute Gasteiger partial charge is 0.244 e. The molecule has 1 saturated carbocycles. The van der Waals surface area contributed by atoms with Crippen LogP contribution in [0, 0.1) is 6.92 Å². The van der Waals surface area contributed by atoms with Crippen molar-refractivity contribution in [3.63, 3.8) is 0 Å². The number of amides is 1. The van der Waals surface area contributed by atoms with Crippen molar-refractivity contribution in [2.24, 2.45) is 0 Å². The molecule has 0 aliphatic heterocycles. The Morgan fingerprint density at radius 1 is 0.909 bits per heavy atom. The lowest BCUT2D eigenvalue weighted by molar-refractivity contribution is -0.117. The molecule has 3 aromatic rings. The van der Waals surface area contributed by atoms with Gasteiger partial charge in [0.15, 0.2) is 0 Å². The van der Waals surface area contributed by atoms with E-state index in [0.29, 0.717) is 6.61 Å². The van der Waals surface area contributed by atoms with Gasteiger partial charge >= 0.3 is 0 Å². The first-order valence-corrected chi connectivity index (χ1v) is 12.0. The second-order valence-corrected chi connectivity index (χ2v) is 8.90. The zero-order chi connectivity index (χ0) is 22.9. The Bertz CT molecular complexity index is 1060. The van der Waals surface area contributed by atoms with Crippen LogP contribution in [0.4, 0.5) is 0 Å². The number of rotatable bonds is 7. The molecule has 3 heteroatoms. The molecule has 0 heterocycles. The van der Waals surface area contributed by atoms with Crippen LogP contribution in [0.25, 0.3) is 5.57 Å². The van der Waals surface area contributed by atoms with Crippen molar-refractivity contribution in [1.82, 2.24) is 5.32 Å². The highest BCUT2D eigenvalue weighted by Crippen LogP contribution is 2.33. The number of nitrogens with one attached hydrogen (secondary N) is 1. The van der Waals surface area contributed by atoms with Gasteiger partial charge in [-0.15, -0.1) is 0 Å². The maximum atomic E-state index is 13.1. The Morgan fingerprint density at radius 3 is 2.27 bits per heavy atom. The molecule has 0 saturated heterocycles. The Kier molecular flexibility index (Phi) is 7.97. The Morgan fingerprint density at radius 2 is 1.58 bits per heavy atom. The Balaban J connectivity index is 1.65. The van der Waals surface area contributed by atoms with Crippen LogP contribution in [0.2, 0.25) is 0 Å². The summed E-state index contributed by atoms with van der Waals surface area (Å²) in [6.45, 7) is 2.55. The fourth-order valence-electron chi connectivity index (χ4n) is 4.45. The topological polar surface area (TPSA) is 38.3 Å². The van der Waals surface area contributed by atoms with Gasteiger partial charge in [-0.25, -0.2) is 0 Å². The van der Waals surface area contributed by atoms with E-state index in [0.717, 1.165) is 46.4 Å². The lowest BCUT2D eigenvalue weighted by atomic mass is 9.95. The van der Waals surface area contributed by atoms with Crippen LogP contribution in [0.15, 0.2) is 84.9 Å². The molecule has 1 fully saturated rings. The highest BCUT2D eigenvalue weighted by atomic mass is 16.5. The molecule has 33 heavy (non-hydrogen) atoms. The van der Waals surface area contributed by atoms with Gasteiger partial charge < -0.3 is 10.1 Å². The predicted molar refractivity (Wildman–Crippen MR) is 135 cm³/mol. The number of carbonyl (C=O) groups is 1.